The van der Waals surface area contributed by atoms with E-state index >= 15 is 0 Å². The van der Waals surface area contributed by atoms with Gasteiger partial charge in [-0.2, -0.15) is 0 Å². The minimum atomic E-state index is -1.85. The Morgan fingerprint density at radius 1 is 0.863 bits per heavy atom. The first-order valence-electron chi connectivity index (χ1n) is 25.1. The SMILES string of the molecule is CCCC(=O)N1CCC[C@H]1C(=O)N[C@@H](CO)C(=O)N[C@@H]1C(=O)N[C@@H](CCc2ccccc2)C(=O)N[C@H]2CC[C@@H](O)N(C2=O)[C@@H]([C@@H](C)O)C(=O)N(C)[C@@H](Cc2ccc(O)cc2)C(=O)N[C@@H]([C@H](C)CC)C(=O)O[C@@H]1C. The maximum Gasteiger partial charge on any atom is 0.329 e. The molecule has 0 saturated carbocycles. The molecule has 0 aromatic heterocycles. The van der Waals surface area contributed by atoms with Crippen LogP contribution in [0.1, 0.15) is 97.1 Å². The second kappa shape index (κ2) is 26.3. The molecule has 73 heavy (non-hydrogen) atoms. The number of nitrogens with one attached hydrogen (secondary N) is 5. The highest BCUT2D eigenvalue weighted by molar-refractivity contribution is 5.99. The zero-order chi connectivity index (χ0) is 53.7. The van der Waals surface area contributed by atoms with Gasteiger partial charge in [-0.1, -0.05) is 69.7 Å². The van der Waals surface area contributed by atoms with Gasteiger partial charge in [-0.15, -0.1) is 0 Å². The van der Waals surface area contributed by atoms with Crippen LogP contribution < -0.4 is 26.6 Å². The molecule has 0 spiro atoms. The van der Waals surface area contributed by atoms with Crippen molar-refractivity contribution < 1.29 is 68.3 Å². The number of piperidine rings is 1. The number of rotatable bonds is 15. The Hall–Kier alpha value is -6.65. The van der Waals surface area contributed by atoms with Gasteiger partial charge in [0.2, 0.25) is 47.3 Å². The molecule has 5 rings (SSSR count). The van der Waals surface area contributed by atoms with Crippen LogP contribution in [-0.2, 0) is 60.7 Å². The number of aliphatic hydroxyl groups excluding tert-OH is 3. The number of phenols is 1. The summed E-state index contributed by atoms with van der Waals surface area (Å²) in [5.41, 5.74) is 1.21. The molecule has 3 heterocycles. The number of esters is 1. The van der Waals surface area contributed by atoms with Crippen LogP contribution in [0.4, 0.5) is 0 Å². The van der Waals surface area contributed by atoms with Gasteiger partial charge < -0.3 is 66.4 Å². The van der Waals surface area contributed by atoms with Gasteiger partial charge in [-0.05, 0) is 88.0 Å². The Kier molecular flexibility index (Phi) is 20.7. The largest absolute Gasteiger partial charge is 0.508 e. The zero-order valence-electron chi connectivity index (χ0n) is 42.3. The predicted molar refractivity (Wildman–Crippen MR) is 262 cm³/mol. The lowest BCUT2D eigenvalue weighted by atomic mass is 9.96. The fourth-order valence-corrected chi connectivity index (χ4v) is 9.35. The molecule has 12 atom stereocenters. The Morgan fingerprint density at radius 3 is 2.18 bits per heavy atom. The smallest absolute Gasteiger partial charge is 0.329 e. The number of aryl methyl sites for hydroxylation is 1. The van der Waals surface area contributed by atoms with Gasteiger partial charge in [0.15, 0.2) is 0 Å². The zero-order valence-corrected chi connectivity index (χ0v) is 42.3. The quantitative estimate of drug-likeness (QED) is 0.0996. The number of aliphatic hydroxyl groups is 3. The maximum absolute atomic E-state index is 14.7. The second-order valence-electron chi connectivity index (χ2n) is 19.2. The Labute approximate surface area is 424 Å². The summed E-state index contributed by atoms with van der Waals surface area (Å²) in [7, 11) is 1.25. The number of ether oxygens (including phenoxy) is 1. The summed E-state index contributed by atoms with van der Waals surface area (Å²) in [6.07, 6.45) is -3.42. The molecular formula is C51H72N8O14. The topological polar surface area (TPSA) is 314 Å². The Balaban J connectivity index is 1.58. The third-order valence-corrected chi connectivity index (χ3v) is 13.9. The van der Waals surface area contributed by atoms with Crippen LogP contribution in [0.5, 0.6) is 5.75 Å². The standard InChI is InChI=1S/C51H72N8O14/c1-7-13-39(63)58-25-12-16-37(58)46(67)54-36(27-60)45(66)56-42-30(5)73-51(72)41(28(3)8-2)55-47(68)38(26-32-17-20-33(62)21-18-32)57(6)50(71)43(29(4)61)59-40(64)24-23-35(49(59)70)53-44(65)34(52-48(42)69)22-19-31-14-10-9-11-15-31/h9-11,14-15,17-18,20-21,28-30,34-38,40-43,60-62,64H,7-8,12-13,16,19,22-27H2,1-6H3,(H,52,69)(H,53,65)(H,54,67)(H,55,68)(H,56,66)/t28-,29-,30-,34+,35+,36+,37+,38+,40-,41+,42+,43+/m1/s1. The number of cyclic esters (lactones) is 1. The number of amides is 8. The summed E-state index contributed by atoms with van der Waals surface area (Å²) in [5, 5.41) is 56.0. The van der Waals surface area contributed by atoms with E-state index in [0.29, 0.717) is 31.4 Å². The molecule has 400 valence electrons. The van der Waals surface area contributed by atoms with Crippen molar-refractivity contribution in [2.24, 2.45) is 5.92 Å². The van der Waals surface area contributed by atoms with Crippen molar-refractivity contribution in [1.82, 2.24) is 41.3 Å². The predicted octanol–water partition coefficient (Wildman–Crippen LogP) is -0.716. The Morgan fingerprint density at radius 2 is 1.55 bits per heavy atom. The monoisotopic (exact) mass is 1020 g/mol. The van der Waals surface area contributed by atoms with Crippen molar-refractivity contribution in [3.8, 4) is 5.75 Å². The summed E-state index contributed by atoms with van der Waals surface area (Å²) >= 11 is 0. The molecule has 3 aliphatic rings. The van der Waals surface area contributed by atoms with Crippen molar-refractivity contribution >= 4 is 53.2 Å². The van der Waals surface area contributed by atoms with E-state index in [1.165, 1.54) is 50.1 Å². The van der Waals surface area contributed by atoms with Crippen LogP contribution in [-0.4, -0.2) is 175 Å². The number of hydrogen-bond donors (Lipinski definition) is 9. The van der Waals surface area contributed by atoms with E-state index in [4.69, 9.17) is 4.74 Å². The van der Waals surface area contributed by atoms with E-state index in [1.54, 1.807) is 44.2 Å². The third kappa shape index (κ3) is 14.5. The maximum atomic E-state index is 14.7. The number of fused-ring (bicyclic) bond motifs is 2. The van der Waals surface area contributed by atoms with Gasteiger partial charge in [0.25, 0.3) is 0 Å². The van der Waals surface area contributed by atoms with Crippen molar-refractivity contribution in [2.75, 3.05) is 20.2 Å². The van der Waals surface area contributed by atoms with Gasteiger partial charge in [0.1, 0.15) is 66.4 Å². The number of benzene rings is 2. The number of carbonyl (C=O) groups excluding carboxylic acids is 9. The van der Waals surface area contributed by atoms with E-state index in [1.807, 2.05) is 6.92 Å². The van der Waals surface area contributed by atoms with Crippen molar-refractivity contribution in [3.05, 3.63) is 65.7 Å². The fourth-order valence-electron chi connectivity index (χ4n) is 9.35. The van der Waals surface area contributed by atoms with Gasteiger partial charge in [-0.3, -0.25) is 38.4 Å². The molecule has 9 N–H and O–H groups in total. The van der Waals surface area contributed by atoms with E-state index in [9.17, 15) is 63.6 Å². The van der Waals surface area contributed by atoms with Crippen LogP contribution in [0, 0.1) is 5.92 Å². The Bertz CT molecular complexity index is 2280. The van der Waals surface area contributed by atoms with Crippen LogP contribution in [0.3, 0.4) is 0 Å². The van der Waals surface area contributed by atoms with Crippen LogP contribution >= 0.6 is 0 Å². The summed E-state index contributed by atoms with van der Waals surface area (Å²) in [5.74, 6) is -8.66. The van der Waals surface area contributed by atoms with Crippen molar-refractivity contribution in [2.45, 2.75) is 166 Å². The molecule has 2 aromatic rings. The van der Waals surface area contributed by atoms with E-state index in [0.717, 1.165) is 15.4 Å². The molecule has 3 saturated heterocycles. The van der Waals surface area contributed by atoms with E-state index < -0.39 is 127 Å². The number of nitrogens with zero attached hydrogens (tertiary/aromatic N) is 3. The number of hydrogen-bond acceptors (Lipinski definition) is 14. The van der Waals surface area contributed by atoms with Gasteiger partial charge >= 0.3 is 5.97 Å². The highest BCUT2D eigenvalue weighted by Crippen LogP contribution is 2.26. The number of aromatic hydroxyl groups is 1. The number of likely N-dealkylation sites (tertiary alicyclic amines) is 1. The highest BCUT2D eigenvalue weighted by atomic mass is 16.5. The number of likely N-dealkylation sites (N-methyl/N-ethyl adjacent to an activating group) is 1. The molecule has 0 radical (unpaired) electrons. The molecule has 8 amide bonds. The molecule has 0 unspecified atom stereocenters. The van der Waals surface area contributed by atoms with Crippen molar-refractivity contribution in [1.29, 1.82) is 0 Å². The minimum Gasteiger partial charge on any atom is -0.508 e. The lowest BCUT2D eigenvalue weighted by Gasteiger charge is -2.43. The lowest BCUT2D eigenvalue weighted by molar-refractivity contribution is -0.170. The van der Waals surface area contributed by atoms with Gasteiger partial charge in [-0.25, -0.2) is 4.79 Å². The summed E-state index contributed by atoms with van der Waals surface area (Å²) in [4.78, 5) is 131. The lowest BCUT2D eigenvalue weighted by Crippen LogP contribution is -2.67. The van der Waals surface area contributed by atoms with E-state index in [2.05, 4.69) is 26.6 Å². The first-order chi connectivity index (χ1) is 34.7. The molecule has 22 nitrogen and oxygen atoms in total. The van der Waals surface area contributed by atoms with Crippen LogP contribution in [0.2, 0.25) is 0 Å². The molecule has 3 aliphatic heterocycles. The normalized spacial score (nSPS) is 27.0. The summed E-state index contributed by atoms with van der Waals surface area (Å²) < 4.78 is 5.92. The van der Waals surface area contributed by atoms with E-state index in [-0.39, 0.29) is 56.6 Å². The molecule has 0 aliphatic carbocycles. The van der Waals surface area contributed by atoms with Gasteiger partial charge in [0.05, 0.1) is 12.7 Å². The third-order valence-electron chi connectivity index (χ3n) is 13.9. The number of carbonyl (C=O) groups is 9. The molecule has 2 aromatic carbocycles. The fraction of sp³-hybridized carbons (Fsp3) is 0.588. The van der Waals surface area contributed by atoms with Crippen molar-refractivity contribution in [3.63, 3.8) is 0 Å². The first kappa shape index (κ1) is 57.3. The molecule has 22 heteroatoms. The first-order valence-corrected chi connectivity index (χ1v) is 25.1. The highest BCUT2D eigenvalue weighted by Gasteiger charge is 2.47. The minimum absolute atomic E-state index is 0.0847. The van der Waals surface area contributed by atoms with Crippen LogP contribution in [0.25, 0.3) is 0 Å². The van der Waals surface area contributed by atoms with Gasteiger partial charge in [0, 0.05) is 26.4 Å². The molecule has 3 fully saturated rings. The number of phenolic OH excluding ortho intramolecular Hbond substituents is 1. The molecule has 2 bridgehead atoms. The average Bonchev–Trinajstić information content (AvgIpc) is 3.87. The average molecular weight is 1020 g/mol. The molecular weight excluding hydrogens is 949 g/mol. The summed E-state index contributed by atoms with van der Waals surface area (Å²) in [6.45, 7) is 7.05. The second-order valence-corrected chi connectivity index (χ2v) is 19.2. The van der Waals surface area contributed by atoms with Crippen LogP contribution in [0.15, 0.2) is 54.6 Å². The summed E-state index contributed by atoms with van der Waals surface area (Å²) in [6, 6.07) is 2.59.